The second-order valence-corrected chi connectivity index (χ2v) is 27.9. The van der Waals surface area contributed by atoms with Gasteiger partial charge in [0.1, 0.15) is 15.5 Å². The predicted molar refractivity (Wildman–Crippen MR) is 311 cm³/mol. The van der Waals surface area contributed by atoms with E-state index in [1.807, 2.05) is 62.4 Å². The number of hydrogen-bond donors (Lipinski definition) is 2. The summed E-state index contributed by atoms with van der Waals surface area (Å²) in [6.07, 6.45) is 11.6. The molecule has 8 aromatic rings. The zero-order chi connectivity index (χ0) is 59.8. The van der Waals surface area contributed by atoms with Crippen molar-refractivity contribution in [2.75, 3.05) is 36.0 Å². The van der Waals surface area contributed by atoms with Crippen LogP contribution >= 0.6 is 43.6 Å². The van der Waals surface area contributed by atoms with Crippen LogP contribution in [0.4, 0.5) is 50.2 Å². The molecule has 0 radical (unpaired) electrons. The van der Waals surface area contributed by atoms with Crippen molar-refractivity contribution >= 4 is 78.3 Å². The second kappa shape index (κ2) is 20.8. The lowest BCUT2D eigenvalue weighted by atomic mass is 9.56. The van der Waals surface area contributed by atoms with Crippen LogP contribution < -0.4 is 15.5 Å². The van der Waals surface area contributed by atoms with Gasteiger partial charge in [-0.15, -0.1) is 0 Å². The molecular weight excluding hydrogens is 1200 g/mol. The molecule has 2 aliphatic heterocycles. The Bertz CT molecular complexity index is 3780. The minimum atomic E-state index is -9.64. The van der Waals surface area contributed by atoms with E-state index in [1.165, 1.54) is 47.3 Å². The van der Waals surface area contributed by atoms with Crippen molar-refractivity contribution in [2.45, 2.75) is 101 Å². The smallest absolute Gasteiger partial charge is 0.354 e. The number of Topliss-reactive ketones (excluding diaryl/α,β-unsaturated/α-hetero) is 1. The van der Waals surface area contributed by atoms with Crippen molar-refractivity contribution in [1.29, 1.82) is 0 Å². The highest BCUT2D eigenvalue weighted by Crippen LogP contribution is 3.02. The van der Waals surface area contributed by atoms with Crippen LogP contribution in [0.2, 0.25) is 10.0 Å². The number of imidazole rings is 2. The number of carbonyl (C=O) groups excluding carboxylic acids is 1. The van der Waals surface area contributed by atoms with Crippen LogP contribution in [0.3, 0.4) is 0 Å². The Hall–Kier alpha value is -6.60. The van der Waals surface area contributed by atoms with Crippen molar-refractivity contribution in [3.63, 3.8) is 0 Å². The summed E-state index contributed by atoms with van der Waals surface area (Å²) in [5.41, 5.74) is 13.5. The average Bonchev–Trinajstić information content (AvgIpc) is 1.37. The number of halogens is 12. The maximum absolute atomic E-state index is 13.1. The van der Waals surface area contributed by atoms with Gasteiger partial charge in [0.05, 0.1) is 33.8 Å². The summed E-state index contributed by atoms with van der Waals surface area (Å²) in [4.78, 5) is 41.7. The van der Waals surface area contributed by atoms with Crippen molar-refractivity contribution in [2.24, 2.45) is 16.6 Å². The van der Waals surface area contributed by atoms with E-state index >= 15 is 0 Å². The number of nitrogens with two attached hydrogens (primary N) is 1. The number of rotatable bonds is 14. The summed E-state index contributed by atoms with van der Waals surface area (Å²) < 4.78 is 132. The first-order valence-electron chi connectivity index (χ1n) is 26.5. The number of fused-ring (bicyclic) bond motifs is 2. The third-order valence-electron chi connectivity index (χ3n) is 16.1. The highest BCUT2D eigenvalue weighted by Gasteiger charge is 2.66. The van der Waals surface area contributed by atoms with Gasteiger partial charge in [0.25, 0.3) is 0 Å². The number of hydrogen-bond acceptors (Lipinski definition) is 9. The van der Waals surface area contributed by atoms with Crippen LogP contribution in [0.15, 0.2) is 132 Å². The van der Waals surface area contributed by atoms with Crippen LogP contribution in [0, 0.1) is 10.8 Å². The van der Waals surface area contributed by atoms with Gasteiger partial charge < -0.3 is 20.6 Å². The predicted octanol–water partition coefficient (Wildman–Crippen LogP) is 17.3. The van der Waals surface area contributed by atoms with Crippen molar-refractivity contribution in [1.82, 2.24) is 28.7 Å². The number of aromatic nitrogens is 6. The van der Waals surface area contributed by atoms with Gasteiger partial charge in [-0.3, -0.25) is 13.6 Å². The van der Waals surface area contributed by atoms with E-state index in [-0.39, 0.29) is 41.6 Å². The number of nitrogens with zero attached hydrogens (tertiary/aromatic N) is 8. The van der Waals surface area contributed by atoms with Crippen molar-refractivity contribution in [3.8, 4) is 0 Å². The Morgan fingerprint density at radius 3 is 1.31 bits per heavy atom. The minimum Gasteiger partial charge on any atom is -0.477 e. The number of ketones is 1. The number of anilines is 2. The lowest BCUT2D eigenvalue weighted by Crippen LogP contribution is -2.61. The van der Waals surface area contributed by atoms with E-state index in [0.29, 0.717) is 106 Å². The van der Waals surface area contributed by atoms with E-state index in [9.17, 15) is 48.4 Å². The fraction of sp³-hybridized carbons (Fsp3) is 0.345. The largest absolute Gasteiger partial charge is 0.477 e. The zero-order valence-electron chi connectivity index (χ0n) is 44.7. The highest BCUT2D eigenvalue weighted by atomic mass is 35.5. The zero-order valence-corrected chi connectivity index (χ0v) is 47.8. The van der Waals surface area contributed by atoms with E-state index in [0.717, 1.165) is 74.4 Å². The van der Waals surface area contributed by atoms with Gasteiger partial charge >= 0.3 is 26.4 Å². The molecule has 452 valence electrons. The number of aryl methyl sites for hydroxylation is 3. The first-order valence-corrected chi connectivity index (χ1v) is 31.2. The van der Waals surface area contributed by atoms with Crippen molar-refractivity contribution < 1.29 is 53.6 Å². The molecule has 0 amide bonds. The summed E-state index contributed by atoms with van der Waals surface area (Å²) in [7, 11) is -19.2. The molecule has 0 bridgehead atoms. The van der Waals surface area contributed by atoms with Crippen LogP contribution in [-0.2, 0) is 25.8 Å². The first kappa shape index (κ1) is 61.9. The summed E-state index contributed by atoms with van der Waals surface area (Å²) in [6, 6.07) is 23.1. The third-order valence-corrected chi connectivity index (χ3v) is 18.8. The molecule has 2 spiro atoms. The molecule has 6 heterocycles. The molecule has 4 fully saturated rings. The number of carbonyl (C=O) groups is 2. The Morgan fingerprint density at radius 2 is 0.952 bits per heavy atom. The number of benzene rings is 4. The van der Waals surface area contributed by atoms with Crippen LogP contribution in [0.1, 0.15) is 120 Å². The second-order valence-electron chi connectivity index (χ2n) is 22.2. The third kappa shape index (κ3) is 13.1. The molecule has 0 atom stereocenters. The van der Waals surface area contributed by atoms with Gasteiger partial charge in [-0.25, -0.2) is 24.7 Å². The summed E-state index contributed by atoms with van der Waals surface area (Å²) in [6.45, 7) is 7.80. The van der Waals surface area contributed by atoms with Crippen LogP contribution in [0.5, 0.6) is 0 Å². The van der Waals surface area contributed by atoms with Gasteiger partial charge in [-0.05, 0) is 128 Å². The maximum Gasteiger partial charge on any atom is 0.354 e. The molecule has 12 rings (SSSR count). The fourth-order valence-corrected chi connectivity index (χ4v) is 13.5. The van der Waals surface area contributed by atoms with E-state index < -0.39 is 36.2 Å². The van der Waals surface area contributed by atoms with Crippen LogP contribution in [0.25, 0.3) is 11.6 Å². The summed E-state index contributed by atoms with van der Waals surface area (Å²) in [5.74, 6) is -0.0157. The number of carboxylic acids is 1. The summed E-state index contributed by atoms with van der Waals surface area (Å²) in [5, 5.41) is 9.85. The lowest BCUT2D eigenvalue weighted by molar-refractivity contribution is 0.0632. The maximum atomic E-state index is 13.1. The molecule has 26 heteroatoms. The van der Waals surface area contributed by atoms with Gasteiger partial charge in [0.15, 0.2) is 11.5 Å². The van der Waals surface area contributed by atoms with E-state index in [1.54, 1.807) is 10.6 Å². The lowest BCUT2D eigenvalue weighted by Gasteiger charge is -2.60. The van der Waals surface area contributed by atoms with Crippen LogP contribution in [-0.4, -0.2) is 71.8 Å². The summed E-state index contributed by atoms with van der Waals surface area (Å²) >= 11 is 11.8. The minimum absolute atomic E-state index is 0. The first-order chi connectivity index (χ1) is 38.6. The molecule has 84 heavy (non-hydrogen) atoms. The molecule has 4 aromatic heterocycles. The van der Waals surface area contributed by atoms with Gasteiger partial charge in [0.2, 0.25) is 11.6 Å². The number of aromatic carboxylic acids is 1. The van der Waals surface area contributed by atoms with Crippen molar-refractivity contribution in [3.05, 3.63) is 177 Å². The fourth-order valence-electron chi connectivity index (χ4n) is 11.9. The Morgan fingerprint density at radius 1 is 0.583 bits per heavy atom. The molecule has 3 N–H and O–H groups in total. The molecule has 2 saturated heterocycles. The van der Waals surface area contributed by atoms with Gasteiger partial charge in [0, 0.05) is 73.7 Å². The molecule has 4 aromatic carbocycles. The van der Waals surface area contributed by atoms with Gasteiger partial charge in [-0.2, -0.15) is 0 Å². The standard InChI is InChI=1S/C29H28ClF5N4OS.C19H21F5N2S.C9H8ClN3O2.CH4/c1-2-25-27(39-16-22(30)15-36-28(39)37-25)26(40)12-5-19-3-8-23(9-4-19)38-17-29(18-38)13-21(14-29)20-6-10-24(11-7-20)41(31,32,33,34)35;20-27(21,22,23,24)18-7-3-15(4-8-18)16-9-19(10-16)12-26(13-19)17-5-1-14(11-25)2-6-17;1-2-6-7(8(14)15)13-4-5(10)3-11-9(13)12-6;/h3-4,6-11,15-16,21H,2,5,12-14,17-18H2,1H3;1-8,16H,9-13,25H2;3-4H,2H2,1H3,(H,14,15);1H4. The Kier molecular flexibility index (Phi) is 15.4. The van der Waals surface area contributed by atoms with Gasteiger partial charge in [-0.1, -0.05) is 132 Å². The Labute approximate surface area is 488 Å². The molecule has 2 aliphatic carbocycles. The molecule has 2 saturated carbocycles. The molecular formula is C58H61Cl2F10N9O3S2. The quantitative estimate of drug-likeness (QED) is 0.0796. The van der Waals surface area contributed by atoms with E-state index in [2.05, 4.69) is 29.7 Å². The average molecular weight is 1260 g/mol. The molecule has 4 aliphatic rings. The SMILES string of the molecule is C.CCc1nc2ncc(Cl)cn2c1C(=O)CCc1ccc(N2CC3(CC(c4ccc(S(F)(F)(F)(F)F)cc4)C3)C2)cc1.CCc1nc2ncc(Cl)cn2c1C(=O)O.NCc1ccc(N2CC3(CC(c4ccc(S(F)(F)(F)(F)F)cc4)C3)C2)cc1. The van der Waals surface area contributed by atoms with E-state index in [4.69, 9.17) is 34.0 Å². The molecule has 12 nitrogen and oxygen atoms in total. The topological polar surface area (TPSA) is 147 Å². The normalized spacial score (nSPS) is 18.0. The highest BCUT2D eigenvalue weighted by molar-refractivity contribution is 8.46. The Balaban J connectivity index is 0.000000168. The molecule has 0 unspecified atom stereocenters. The number of carboxylic acid groups (broad SMARTS) is 1. The monoisotopic (exact) mass is 1260 g/mol.